The van der Waals surface area contributed by atoms with Crippen LogP contribution in [0.1, 0.15) is 5.56 Å². The maximum atomic E-state index is 13.8. The number of halogens is 1. The van der Waals surface area contributed by atoms with E-state index in [-0.39, 0.29) is 24.1 Å². The topological polar surface area (TPSA) is 99.1 Å². The van der Waals surface area contributed by atoms with Gasteiger partial charge >= 0.3 is 6.01 Å². The summed E-state index contributed by atoms with van der Waals surface area (Å²) in [7, 11) is 1.43. The van der Waals surface area contributed by atoms with Crippen LogP contribution in [0.5, 0.6) is 11.8 Å². The fourth-order valence-electron chi connectivity index (χ4n) is 2.00. The smallest absolute Gasteiger partial charge is 0.320 e. The number of aromatic hydroxyl groups is 1. The quantitative estimate of drug-likeness (QED) is 0.754. The normalized spacial score (nSPS) is 11.0. The first-order valence-electron chi connectivity index (χ1n) is 6.08. The molecule has 108 valence electrons. The molecule has 0 spiro atoms. The van der Waals surface area contributed by atoms with Crippen LogP contribution in [-0.4, -0.2) is 31.7 Å². The minimum atomic E-state index is -0.508. The molecule has 0 amide bonds. The van der Waals surface area contributed by atoms with Crippen molar-refractivity contribution in [1.29, 1.82) is 0 Å². The summed E-state index contributed by atoms with van der Waals surface area (Å²) in [5, 5.41) is 9.23. The van der Waals surface area contributed by atoms with Crippen molar-refractivity contribution in [2.24, 2.45) is 0 Å². The molecule has 7 nitrogen and oxygen atoms in total. The fourth-order valence-corrected chi connectivity index (χ4v) is 2.00. The Hall–Kier alpha value is -2.90. The molecule has 0 radical (unpaired) electrons. The monoisotopic (exact) mass is 289 g/mol. The number of fused-ring (bicyclic) bond motifs is 1. The van der Waals surface area contributed by atoms with Crippen molar-refractivity contribution in [3.8, 4) is 11.8 Å². The number of nitrogens with zero attached hydrogens (tertiary/aromatic N) is 4. The van der Waals surface area contributed by atoms with Crippen molar-refractivity contribution >= 4 is 17.0 Å². The lowest BCUT2D eigenvalue weighted by Gasteiger charge is -2.06. The second kappa shape index (κ2) is 4.89. The van der Waals surface area contributed by atoms with E-state index in [1.165, 1.54) is 25.6 Å². The number of anilines is 1. The molecule has 2 aromatic heterocycles. The van der Waals surface area contributed by atoms with Gasteiger partial charge in [0.25, 0.3) is 0 Å². The first-order chi connectivity index (χ1) is 10.1. The Balaban J connectivity index is 2.06. The number of methoxy groups -OCH3 is 1. The summed E-state index contributed by atoms with van der Waals surface area (Å²) in [6, 6.07) is 4.09. The van der Waals surface area contributed by atoms with E-state index >= 15 is 0 Å². The van der Waals surface area contributed by atoms with Gasteiger partial charge in [-0.1, -0.05) is 6.07 Å². The van der Waals surface area contributed by atoms with Gasteiger partial charge in [-0.15, -0.1) is 0 Å². The molecule has 0 aliphatic heterocycles. The summed E-state index contributed by atoms with van der Waals surface area (Å²) in [6.45, 7) is 0.197. The van der Waals surface area contributed by atoms with Crippen LogP contribution >= 0.6 is 0 Å². The van der Waals surface area contributed by atoms with Crippen molar-refractivity contribution < 1.29 is 14.2 Å². The van der Waals surface area contributed by atoms with Gasteiger partial charge in [-0.25, -0.2) is 9.37 Å². The van der Waals surface area contributed by atoms with Crippen molar-refractivity contribution in [2.75, 3.05) is 12.8 Å². The van der Waals surface area contributed by atoms with Gasteiger partial charge in [-0.3, -0.25) is 0 Å². The fraction of sp³-hybridized carbons (Fsp3) is 0.154. The molecule has 0 atom stereocenters. The highest BCUT2D eigenvalue weighted by atomic mass is 19.1. The third-order valence-corrected chi connectivity index (χ3v) is 3.03. The van der Waals surface area contributed by atoms with Crippen LogP contribution < -0.4 is 10.5 Å². The number of aromatic nitrogens is 4. The molecule has 3 rings (SSSR count). The van der Waals surface area contributed by atoms with Crippen LogP contribution in [0, 0.1) is 5.82 Å². The van der Waals surface area contributed by atoms with E-state index in [1.54, 1.807) is 4.57 Å². The number of hydrogen-bond acceptors (Lipinski definition) is 6. The number of phenols is 1. The highest BCUT2D eigenvalue weighted by Gasteiger charge is 2.13. The molecule has 8 heteroatoms. The predicted octanol–water partition coefficient (Wildman–Crippen LogP) is 1.31. The molecule has 0 aliphatic carbocycles. The standard InChI is InChI=1S/C13H12FN5O2/c1-21-13-17-11(15)10-12(18-13)19(6-16-10)5-7-2-3-8(20)4-9(7)14/h2-4,6,20H,5H2,1H3,(H2,15,17,18). The van der Waals surface area contributed by atoms with Gasteiger partial charge in [-0.2, -0.15) is 9.97 Å². The third kappa shape index (κ3) is 2.31. The predicted molar refractivity (Wildman–Crippen MR) is 73.5 cm³/mol. The summed E-state index contributed by atoms with van der Waals surface area (Å²) in [5.41, 5.74) is 7.04. The average Bonchev–Trinajstić information content (AvgIpc) is 2.85. The zero-order valence-corrected chi connectivity index (χ0v) is 11.1. The number of nitrogen functional groups attached to an aromatic ring is 1. The van der Waals surface area contributed by atoms with Crippen molar-refractivity contribution in [3.63, 3.8) is 0 Å². The zero-order chi connectivity index (χ0) is 15.0. The van der Waals surface area contributed by atoms with E-state index in [0.717, 1.165) is 6.07 Å². The molecular weight excluding hydrogens is 277 g/mol. The van der Waals surface area contributed by atoms with E-state index in [0.29, 0.717) is 16.7 Å². The molecule has 0 aliphatic rings. The van der Waals surface area contributed by atoms with Gasteiger partial charge in [0, 0.05) is 11.6 Å². The lowest BCUT2D eigenvalue weighted by Crippen LogP contribution is -2.04. The highest BCUT2D eigenvalue weighted by Crippen LogP contribution is 2.21. The van der Waals surface area contributed by atoms with E-state index in [2.05, 4.69) is 15.0 Å². The minimum Gasteiger partial charge on any atom is -0.508 e. The number of benzene rings is 1. The van der Waals surface area contributed by atoms with Crippen LogP contribution in [0.25, 0.3) is 11.2 Å². The molecule has 0 fully saturated rings. The van der Waals surface area contributed by atoms with E-state index in [9.17, 15) is 9.50 Å². The largest absolute Gasteiger partial charge is 0.508 e. The first kappa shape index (κ1) is 13.1. The lowest BCUT2D eigenvalue weighted by molar-refractivity contribution is 0.382. The van der Waals surface area contributed by atoms with E-state index in [1.807, 2.05) is 0 Å². The summed E-state index contributed by atoms with van der Waals surface area (Å²) >= 11 is 0. The molecule has 3 aromatic rings. The first-order valence-corrected chi connectivity index (χ1v) is 6.08. The number of rotatable bonds is 3. The van der Waals surface area contributed by atoms with Crippen LogP contribution in [0.15, 0.2) is 24.5 Å². The number of hydrogen-bond donors (Lipinski definition) is 2. The lowest BCUT2D eigenvalue weighted by atomic mass is 10.2. The van der Waals surface area contributed by atoms with E-state index in [4.69, 9.17) is 10.5 Å². The van der Waals surface area contributed by atoms with E-state index < -0.39 is 5.82 Å². The van der Waals surface area contributed by atoms with Crippen molar-refractivity contribution in [3.05, 3.63) is 35.9 Å². The second-order valence-electron chi connectivity index (χ2n) is 4.42. The summed E-state index contributed by atoms with van der Waals surface area (Å²) < 4.78 is 20.4. The minimum absolute atomic E-state index is 0.118. The molecule has 0 unspecified atom stereocenters. The van der Waals surface area contributed by atoms with Gasteiger partial charge in [0.05, 0.1) is 20.0 Å². The zero-order valence-electron chi connectivity index (χ0n) is 11.1. The summed E-state index contributed by atoms with van der Waals surface area (Å²) in [4.78, 5) is 12.2. The molecule has 1 aromatic carbocycles. The second-order valence-corrected chi connectivity index (χ2v) is 4.42. The van der Waals surface area contributed by atoms with Gasteiger partial charge in [0.2, 0.25) is 0 Å². The number of phenolic OH excluding ortho intramolecular Hbond substituents is 1. The van der Waals surface area contributed by atoms with Crippen LogP contribution in [0.3, 0.4) is 0 Å². The molecular formula is C13H12FN5O2. The maximum absolute atomic E-state index is 13.8. The van der Waals surface area contributed by atoms with Crippen molar-refractivity contribution in [1.82, 2.24) is 19.5 Å². The molecule has 0 saturated heterocycles. The SMILES string of the molecule is COc1nc(N)c2ncn(Cc3ccc(O)cc3F)c2n1. The highest BCUT2D eigenvalue weighted by molar-refractivity contribution is 5.81. The number of nitrogens with two attached hydrogens (primary N) is 1. The third-order valence-electron chi connectivity index (χ3n) is 3.03. The van der Waals surface area contributed by atoms with Gasteiger partial charge in [0.1, 0.15) is 11.6 Å². The van der Waals surface area contributed by atoms with Gasteiger partial charge in [0.15, 0.2) is 17.0 Å². The molecule has 3 N–H and O–H groups in total. The Bertz CT molecular complexity index is 818. The number of imidazole rings is 1. The van der Waals surface area contributed by atoms with Crippen LogP contribution in [0.4, 0.5) is 10.2 Å². The summed E-state index contributed by atoms with van der Waals surface area (Å²) in [5.74, 6) is -0.437. The maximum Gasteiger partial charge on any atom is 0.320 e. The molecule has 0 saturated carbocycles. The molecule has 21 heavy (non-hydrogen) atoms. The Morgan fingerprint density at radius 2 is 2.19 bits per heavy atom. The Labute approximate surface area is 118 Å². The Morgan fingerprint density at radius 1 is 1.38 bits per heavy atom. The Kier molecular flexibility index (Phi) is 3.05. The number of ether oxygens (including phenoxy) is 1. The summed E-state index contributed by atoms with van der Waals surface area (Å²) in [6.07, 6.45) is 1.50. The van der Waals surface area contributed by atoms with Crippen LogP contribution in [0.2, 0.25) is 0 Å². The Morgan fingerprint density at radius 3 is 2.90 bits per heavy atom. The average molecular weight is 289 g/mol. The van der Waals surface area contributed by atoms with Crippen LogP contribution in [-0.2, 0) is 6.54 Å². The van der Waals surface area contributed by atoms with Crippen molar-refractivity contribution in [2.45, 2.75) is 6.54 Å². The van der Waals surface area contributed by atoms with Gasteiger partial charge in [-0.05, 0) is 6.07 Å². The molecule has 2 heterocycles. The molecule has 0 bridgehead atoms. The van der Waals surface area contributed by atoms with Gasteiger partial charge < -0.3 is 20.1 Å².